The number of esters is 1. The predicted octanol–water partition coefficient (Wildman–Crippen LogP) is 2.35. The van der Waals surface area contributed by atoms with Crippen LogP contribution in [0.15, 0.2) is 47.4 Å². The molecule has 0 saturated heterocycles. The van der Waals surface area contributed by atoms with Crippen LogP contribution in [0.4, 0.5) is 0 Å². The molecule has 0 aliphatic rings. The van der Waals surface area contributed by atoms with Crippen molar-refractivity contribution in [2.45, 2.75) is 11.5 Å². The number of carbonyl (C=O) groups is 1. The van der Waals surface area contributed by atoms with Crippen LogP contribution in [-0.2, 0) is 21.4 Å². The summed E-state index contributed by atoms with van der Waals surface area (Å²) < 4.78 is 33.0. The van der Waals surface area contributed by atoms with Gasteiger partial charge in [-0.15, -0.1) is 0 Å². The van der Waals surface area contributed by atoms with Crippen molar-refractivity contribution < 1.29 is 22.7 Å². The minimum atomic E-state index is -4.02. The first kappa shape index (κ1) is 17.3. The number of rotatable bonds is 5. The zero-order valence-electron chi connectivity index (χ0n) is 12.2. The fourth-order valence-electron chi connectivity index (χ4n) is 1.84. The molecule has 0 saturated carbocycles. The Morgan fingerprint density at radius 3 is 2.61 bits per heavy atom. The molecule has 0 aromatic heterocycles. The maximum absolute atomic E-state index is 12.0. The highest BCUT2D eigenvalue weighted by Gasteiger charge is 2.17. The van der Waals surface area contributed by atoms with E-state index in [-0.39, 0.29) is 22.1 Å². The van der Waals surface area contributed by atoms with Crippen molar-refractivity contribution in [2.75, 3.05) is 7.11 Å². The maximum atomic E-state index is 12.0. The second kappa shape index (κ2) is 6.99. The van der Waals surface area contributed by atoms with Gasteiger partial charge in [-0.2, -0.15) is 0 Å². The van der Waals surface area contributed by atoms with Crippen molar-refractivity contribution in [1.29, 1.82) is 0 Å². The van der Waals surface area contributed by atoms with Crippen LogP contribution in [-0.4, -0.2) is 21.5 Å². The van der Waals surface area contributed by atoms with Gasteiger partial charge in [0, 0.05) is 0 Å². The van der Waals surface area contributed by atoms with E-state index in [1.807, 2.05) is 0 Å². The first-order valence-corrected chi connectivity index (χ1v) is 8.36. The van der Waals surface area contributed by atoms with Gasteiger partial charge < -0.3 is 9.47 Å². The largest absolute Gasteiger partial charge is 0.497 e. The van der Waals surface area contributed by atoms with Crippen LogP contribution in [0, 0.1) is 0 Å². The number of nitrogens with two attached hydrogens (primary N) is 1. The van der Waals surface area contributed by atoms with Gasteiger partial charge in [-0.05, 0) is 35.9 Å². The molecule has 2 aromatic carbocycles. The topological polar surface area (TPSA) is 95.7 Å². The van der Waals surface area contributed by atoms with Gasteiger partial charge in [0.15, 0.2) is 0 Å². The van der Waals surface area contributed by atoms with Gasteiger partial charge in [0.25, 0.3) is 0 Å². The summed E-state index contributed by atoms with van der Waals surface area (Å²) in [5.74, 6) is -0.0454. The molecule has 0 aliphatic heterocycles. The van der Waals surface area contributed by atoms with Crippen molar-refractivity contribution in [3.05, 3.63) is 58.6 Å². The summed E-state index contributed by atoms with van der Waals surface area (Å²) in [4.78, 5) is 11.7. The molecule has 0 aliphatic carbocycles. The summed E-state index contributed by atoms with van der Waals surface area (Å²) in [6, 6.07) is 10.8. The highest BCUT2D eigenvalue weighted by atomic mass is 35.5. The molecule has 0 amide bonds. The number of hydrogen-bond donors (Lipinski definition) is 1. The van der Waals surface area contributed by atoms with Gasteiger partial charge in [0.1, 0.15) is 17.3 Å². The van der Waals surface area contributed by atoms with Gasteiger partial charge in [-0.1, -0.05) is 23.7 Å². The molecule has 0 fully saturated rings. The summed E-state index contributed by atoms with van der Waals surface area (Å²) >= 11 is 5.77. The molecule has 0 bridgehead atoms. The Labute approximate surface area is 138 Å². The average molecular weight is 356 g/mol. The van der Waals surface area contributed by atoms with Crippen LogP contribution in [0.2, 0.25) is 5.02 Å². The summed E-state index contributed by atoms with van der Waals surface area (Å²) in [6.45, 7) is 0.0172. The molecular weight excluding hydrogens is 342 g/mol. The molecule has 2 rings (SSSR count). The normalized spacial score (nSPS) is 11.1. The van der Waals surface area contributed by atoms with Crippen LogP contribution >= 0.6 is 11.6 Å². The Balaban J connectivity index is 2.15. The first-order valence-electron chi connectivity index (χ1n) is 6.43. The van der Waals surface area contributed by atoms with E-state index in [0.717, 1.165) is 11.6 Å². The molecule has 2 aromatic rings. The number of benzene rings is 2. The zero-order valence-corrected chi connectivity index (χ0v) is 13.7. The summed E-state index contributed by atoms with van der Waals surface area (Å²) in [5, 5.41) is 4.99. The van der Waals surface area contributed by atoms with E-state index in [9.17, 15) is 13.2 Å². The molecule has 122 valence electrons. The van der Waals surface area contributed by atoms with E-state index in [1.165, 1.54) is 19.2 Å². The predicted molar refractivity (Wildman–Crippen MR) is 84.9 cm³/mol. The molecule has 6 nitrogen and oxygen atoms in total. The number of halogens is 1. The van der Waals surface area contributed by atoms with E-state index in [1.54, 1.807) is 24.3 Å². The van der Waals surface area contributed by atoms with Gasteiger partial charge in [-0.25, -0.2) is 18.4 Å². The molecule has 0 radical (unpaired) electrons. The number of ether oxygens (including phenoxy) is 2. The lowest BCUT2D eigenvalue weighted by molar-refractivity contribution is 0.0472. The fraction of sp³-hybridized carbons (Fsp3) is 0.133. The summed E-state index contributed by atoms with van der Waals surface area (Å²) in [7, 11) is -2.49. The summed E-state index contributed by atoms with van der Waals surface area (Å²) in [5.41, 5.74) is 0.777. The molecule has 23 heavy (non-hydrogen) atoms. The van der Waals surface area contributed by atoms with Crippen molar-refractivity contribution in [3.63, 3.8) is 0 Å². The van der Waals surface area contributed by atoms with E-state index in [0.29, 0.717) is 5.75 Å². The number of primary sulfonamides is 1. The Hall–Kier alpha value is -2.09. The highest BCUT2D eigenvalue weighted by Crippen LogP contribution is 2.22. The smallest absolute Gasteiger partial charge is 0.338 e. The molecule has 0 atom stereocenters. The third-order valence-corrected chi connectivity index (χ3v) is 4.37. The molecule has 0 heterocycles. The van der Waals surface area contributed by atoms with Gasteiger partial charge in [0.2, 0.25) is 10.0 Å². The van der Waals surface area contributed by atoms with E-state index in [2.05, 4.69) is 0 Å². The quantitative estimate of drug-likeness (QED) is 0.830. The number of methoxy groups -OCH3 is 1. The molecule has 0 spiro atoms. The van der Waals surface area contributed by atoms with Crippen LogP contribution in [0.1, 0.15) is 15.9 Å². The van der Waals surface area contributed by atoms with Crippen LogP contribution in [0.25, 0.3) is 0 Å². The third kappa shape index (κ3) is 4.44. The maximum Gasteiger partial charge on any atom is 0.338 e. The minimum Gasteiger partial charge on any atom is -0.497 e. The first-order chi connectivity index (χ1) is 10.8. The van der Waals surface area contributed by atoms with E-state index in [4.69, 9.17) is 26.2 Å². The van der Waals surface area contributed by atoms with Gasteiger partial charge >= 0.3 is 5.97 Å². The summed E-state index contributed by atoms with van der Waals surface area (Å²) in [6.07, 6.45) is 0. The van der Waals surface area contributed by atoms with Crippen molar-refractivity contribution in [2.24, 2.45) is 5.14 Å². The van der Waals surface area contributed by atoms with Crippen molar-refractivity contribution >= 4 is 27.6 Å². The van der Waals surface area contributed by atoms with Crippen molar-refractivity contribution in [1.82, 2.24) is 0 Å². The number of sulfonamides is 1. The zero-order chi connectivity index (χ0) is 17.0. The number of hydrogen-bond acceptors (Lipinski definition) is 5. The lowest BCUT2D eigenvalue weighted by Gasteiger charge is -2.08. The Kier molecular flexibility index (Phi) is 5.25. The molecular formula is C15H14ClNO5S. The standard InChI is InChI=1S/C15H14ClNO5S/c1-21-12-4-2-3-10(7-12)9-22-15(18)11-5-6-13(16)14(8-11)23(17,19)20/h2-8H,9H2,1H3,(H2,17,19,20). The van der Waals surface area contributed by atoms with Gasteiger partial charge in [-0.3, -0.25) is 0 Å². The highest BCUT2D eigenvalue weighted by molar-refractivity contribution is 7.89. The molecule has 2 N–H and O–H groups in total. The number of carbonyl (C=O) groups excluding carboxylic acids is 1. The average Bonchev–Trinajstić information content (AvgIpc) is 2.52. The van der Waals surface area contributed by atoms with Crippen LogP contribution in [0.5, 0.6) is 5.75 Å². The second-order valence-electron chi connectivity index (χ2n) is 4.62. The monoisotopic (exact) mass is 355 g/mol. The van der Waals surface area contributed by atoms with Crippen LogP contribution < -0.4 is 9.88 Å². The van der Waals surface area contributed by atoms with Crippen LogP contribution in [0.3, 0.4) is 0 Å². The molecule has 0 unspecified atom stereocenters. The van der Waals surface area contributed by atoms with E-state index >= 15 is 0 Å². The van der Waals surface area contributed by atoms with E-state index < -0.39 is 16.0 Å². The Morgan fingerprint density at radius 2 is 1.96 bits per heavy atom. The Bertz CT molecular complexity index is 836. The van der Waals surface area contributed by atoms with Crippen molar-refractivity contribution in [3.8, 4) is 5.75 Å². The van der Waals surface area contributed by atoms with Gasteiger partial charge in [0.05, 0.1) is 17.7 Å². The lowest BCUT2D eigenvalue weighted by Crippen LogP contribution is -2.14. The fourth-order valence-corrected chi connectivity index (χ4v) is 2.91. The third-order valence-electron chi connectivity index (χ3n) is 2.98. The SMILES string of the molecule is COc1cccc(COC(=O)c2ccc(Cl)c(S(N)(=O)=O)c2)c1. The minimum absolute atomic E-state index is 0.0172. The Morgan fingerprint density at radius 1 is 1.22 bits per heavy atom. The second-order valence-corrected chi connectivity index (χ2v) is 6.55. The lowest BCUT2D eigenvalue weighted by atomic mass is 10.2. The molecule has 8 heteroatoms.